The molecule has 0 aromatic heterocycles. The van der Waals surface area contributed by atoms with Gasteiger partial charge in [0, 0.05) is 18.7 Å². The fourth-order valence-corrected chi connectivity index (χ4v) is 3.49. The third-order valence-electron chi connectivity index (χ3n) is 5.03. The molecule has 1 N–H and O–H groups in total. The van der Waals surface area contributed by atoms with E-state index in [0.29, 0.717) is 17.2 Å². The fourth-order valence-electron chi connectivity index (χ4n) is 3.49. The number of carbonyl (C=O) groups is 2. The summed E-state index contributed by atoms with van der Waals surface area (Å²) in [6.45, 7) is 1.11. The Morgan fingerprint density at radius 3 is 2.48 bits per heavy atom. The number of carboxylic acids is 1. The molecule has 2 aromatic carbocycles. The summed E-state index contributed by atoms with van der Waals surface area (Å²) in [4.78, 5) is 25.2. The average molecular weight is 367 g/mol. The number of carboxylic acid groups (broad SMARTS) is 1. The number of carbonyl (C=O) groups excluding carboxylic acids is 1. The Hall–Kier alpha value is -2.82. The van der Waals surface area contributed by atoms with E-state index in [1.165, 1.54) is 5.56 Å². The topological polar surface area (TPSA) is 66.8 Å². The van der Waals surface area contributed by atoms with E-state index < -0.39 is 12.6 Å². The van der Waals surface area contributed by atoms with Crippen molar-refractivity contribution in [3.8, 4) is 5.75 Å². The number of likely N-dealkylation sites (tertiary alicyclic amines) is 1. The van der Waals surface area contributed by atoms with E-state index in [0.717, 1.165) is 38.8 Å². The molecule has 1 saturated heterocycles. The molecular weight excluding hydrogens is 342 g/mol. The number of ether oxygens (including phenoxy) is 1. The number of aliphatic carboxylic acids is 1. The van der Waals surface area contributed by atoms with E-state index in [2.05, 4.69) is 24.3 Å². The van der Waals surface area contributed by atoms with Crippen LogP contribution in [0, 0.1) is 5.92 Å². The van der Waals surface area contributed by atoms with Gasteiger partial charge in [-0.25, -0.2) is 4.79 Å². The quantitative estimate of drug-likeness (QED) is 0.811. The summed E-state index contributed by atoms with van der Waals surface area (Å²) in [6, 6.07) is 17.3. The molecular formula is C22H25NO4. The second-order valence-corrected chi connectivity index (χ2v) is 6.97. The van der Waals surface area contributed by atoms with Gasteiger partial charge in [0.25, 0.3) is 5.91 Å². The maximum absolute atomic E-state index is 12.7. The van der Waals surface area contributed by atoms with Crippen molar-refractivity contribution < 1.29 is 19.4 Å². The van der Waals surface area contributed by atoms with Gasteiger partial charge in [-0.15, -0.1) is 0 Å². The number of nitrogens with zero attached hydrogens (tertiary/aromatic N) is 1. The molecule has 1 amide bonds. The van der Waals surface area contributed by atoms with E-state index in [4.69, 9.17) is 9.84 Å². The Morgan fingerprint density at radius 2 is 1.78 bits per heavy atom. The van der Waals surface area contributed by atoms with Crippen LogP contribution >= 0.6 is 0 Å². The van der Waals surface area contributed by atoms with Crippen molar-refractivity contribution >= 4 is 11.9 Å². The molecule has 0 atom stereocenters. The van der Waals surface area contributed by atoms with Gasteiger partial charge >= 0.3 is 5.97 Å². The standard InChI is InChI=1S/C22H25NO4/c24-21(25)16-27-20-8-4-7-19(15-20)22(26)23-13-11-18(12-14-23)10-9-17-5-2-1-3-6-17/h1-8,15,18H,9-14,16H2,(H,24,25). The van der Waals surface area contributed by atoms with Gasteiger partial charge in [-0.2, -0.15) is 0 Å². The highest BCUT2D eigenvalue weighted by molar-refractivity contribution is 5.94. The van der Waals surface area contributed by atoms with Gasteiger partial charge in [0.05, 0.1) is 0 Å². The number of rotatable bonds is 7. The predicted molar refractivity (Wildman–Crippen MR) is 103 cm³/mol. The summed E-state index contributed by atoms with van der Waals surface area (Å²) in [5, 5.41) is 8.70. The van der Waals surface area contributed by atoms with Gasteiger partial charge in [0.15, 0.2) is 6.61 Å². The monoisotopic (exact) mass is 367 g/mol. The highest BCUT2D eigenvalue weighted by atomic mass is 16.5. The first-order chi connectivity index (χ1) is 13.1. The third kappa shape index (κ3) is 5.58. The molecule has 5 heteroatoms. The highest BCUT2D eigenvalue weighted by Crippen LogP contribution is 2.24. The molecule has 0 saturated carbocycles. The normalized spacial score (nSPS) is 14.7. The van der Waals surface area contributed by atoms with E-state index in [1.54, 1.807) is 24.3 Å². The van der Waals surface area contributed by atoms with Crippen molar-refractivity contribution in [3.63, 3.8) is 0 Å². The van der Waals surface area contributed by atoms with Crippen LogP contribution in [0.25, 0.3) is 0 Å². The summed E-state index contributed by atoms with van der Waals surface area (Å²) in [6.07, 6.45) is 4.29. The lowest BCUT2D eigenvalue weighted by atomic mass is 9.90. The van der Waals surface area contributed by atoms with E-state index in [-0.39, 0.29) is 5.91 Å². The molecule has 5 nitrogen and oxygen atoms in total. The van der Waals surface area contributed by atoms with Crippen molar-refractivity contribution in [2.24, 2.45) is 5.92 Å². The van der Waals surface area contributed by atoms with E-state index in [9.17, 15) is 9.59 Å². The Morgan fingerprint density at radius 1 is 1.04 bits per heavy atom. The molecule has 1 heterocycles. The molecule has 27 heavy (non-hydrogen) atoms. The van der Waals surface area contributed by atoms with Crippen molar-refractivity contribution in [1.29, 1.82) is 0 Å². The summed E-state index contributed by atoms with van der Waals surface area (Å²) in [7, 11) is 0. The van der Waals surface area contributed by atoms with Crippen LogP contribution in [0.1, 0.15) is 35.2 Å². The summed E-state index contributed by atoms with van der Waals surface area (Å²) in [5.41, 5.74) is 1.91. The lowest BCUT2D eigenvalue weighted by molar-refractivity contribution is -0.139. The molecule has 1 fully saturated rings. The third-order valence-corrected chi connectivity index (χ3v) is 5.03. The maximum atomic E-state index is 12.7. The van der Waals surface area contributed by atoms with E-state index in [1.807, 2.05) is 11.0 Å². The molecule has 1 aliphatic rings. The Bertz CT molecular complexity index is 767. The number of hydrogen-bond acceptors (Lipinski definition) is 3. The number of piperidine rings is 1. The summed E-state index contributed by atoms with van der Waals surface area (Å²) < 4.78 is 5.17. The molecule has 0 radical (unpaired) electrons. The number of amides is 1. The molecule has 0 aliphatic carbocycles. The SMILES string of the molecule is O=C(O)COc1cccc(C(=O)N2CCC(CCc3ccccc3)CC2)c1. The number of hydrogen-bond donors (Lipinski definition) is 1. The van der Waals surface area contributed by atoms with Crippen molar-refractivity contribution in [3.05, 3.63) is 65.7 Å². The minimum atomic E-state index is -1.04. The molecule has 142 valence electrons. The average Bonchev–Trinajstić information content (AvgIpc) is 2.71. The first-order valence-electron chi connectivity index (χ1n) is 9.39. The zero-order chi connectivity index (χ0) is 19.1. The second kappa shape index (κ2) is 9.21. The van der Waals surface area contributed by atoms with Crippen molar-refractivity contribution in [2.75, 3.05) is 19.7 Å². The summed E-state index contributed by atoms with van der Waals surface area (Å²) in [5.74, 6) is 0.00192. The Labute approximate surface area is 159 Å². The molecule has 0 bridgehead atoms. The highest BCUT2D eigenvalue weighted by Gasteiger charge is 2.23. The maximum Gasteiger partial charge on any atom is 0.341 e. The lowest BCUT2D eigenvalue weighted by Crippen LogP contribution is -2.38. The largest absolute Gasteiger partial charge is 0.482 e. The first kappa shape index (κ1) is 19.0. The smallest absolute Gasteiger partial charge is 0.341 e. The van der Waals surface area contributed by atoms with Gasteiger partial charge < -0.3 is 14.7 Å². The van der Waals surface area contributed by atoms with Crippen molar-refractivity contribution in [1.82, 2.24) is 4.90 Å². The first-order valence-corrected chi connectivity index (χ1v) is 9.39. The van der Waals surface area contributed by atoms with Gasteiger partial charge in [0.2, 0.25) is 0 Å². The Balaban J connectivity index is 1.49. The molecule has 3 rings (SSSR count). The zero-order valence-corrected chi connectivity index (χ0v) is 15.3. The Kier molecular flexibility index (Phi) is 6.47. The second-order valence-electron chi connectivity index (χ2n) is 6.97. The minimum absolute atomic E-state index is 0.0164. The number of aryl methyl sites for hydroxylation is 1. The zero-order valence-electron chi connectivity index (χ0n) is 15.3. The molecule has 1 aliphatic heterocycles. The van der Waals surface area contributed by atoms with Gasteiger partial charge in [-0.1, -0.05) is 36.4 Å². The predicted octanol–water partition coefficient (Wildman–Crippen LogP) is 3.64. The van der Waals surface area contributed by atoms with Crippen LogP contribution in [-0.2, 0) is 11.2 Å². The fraction of sp³-hybridized carbons (Fsp3) is 0.364. The van der Waals surface area contributed by atoms with Crippen LogP contribution in [0.4, 0.5) is 0 Å². The van der Waals surface area contributed by atoms with E-state index >= 15 is 0 Å². The molecule has 2 aromatic rings. The lowest BCUT2D eigenvalue weighted by Gasteiger charge is -2.32. The van der Waals surface area contributed by atoms with Gasteiger partial charge in [0.1, 0.15) is 5.75 Å². The van der Waals surface area contributed by atoms with Crippen molar-refractivity contribution in [2.45, 2.75) is 25.7 Å². The van der Waals surface area contributed by atoms with Gasteiger partial charge in [-0.05, 0) is 55.4 Å². The molecule has 0 unspecified atom stereocenters. The summed E-state index contributed by atoms with van der Waals surface area (Å²) >= 11 is 0. The van der Waals surface area contributed by atoms with Gasteiger partial charge in [-0.3, -0.25) is 4.79 Å². The number of benzene rings is 2. The van der Waals surface area contributed by atoms with Crippen LogP contribution in [-0.4, -0.2) is 41.6 Å². The minimum Gasteiger partial charge on any atom is -0.482 e. The van der Waals surface area contributed by atoms with Crippen LogP contribution in [0.3, 0.4) is 0 Å². The van der Waals surface area contributed by atoms with Crippen LogP contribution in [0.15, 0.2) is 54.6 Å². The molecule has 0 spiro atoms. The van der Waals surface area contributed by atoms with Crippen LogP contribution in [0.2, 0.25) is 0 Å². The van der Waals surface area contributed by atoms with Crippen LogP contribution in [0.5, 0.6) is 5.75 Å². The van der Waals surface area contributed by atoms with Crippen LogP contribution < -0.4 is 4.74 Å².